The lowest BCUT2D eigenvalue weighted by Crippen LogP contribution is -2.21. The standard InChI is InChI=1S/C13H13NO5S/c1-10-4-6-11(7-5-10)20(17,18)13(9-14(15)16)12-3-2-8-19-12/h2-8,13H,9H2,1H3. The third kappa shape index (κ3) is 2.88. The van der Waals surface area contributed by atoms with Crippen molar-refractivity contribution in [2.45, 2.75) is 17.1 Å². The lowest BCUT2D eigenvalue weighted by molar-refractivity contribution is -0.480. The van der Waals surface area contributed by atoms with E-state index in [9.17, 15) is 18.5 Å². The van der Waals surface area contributed by atoms with Crippen molar-refractivity contribution in [3.05, 3.63) is 64.1 Å². The van der Waals surface area contributed by atoms with E-state index in [0.29, 0.717) is 0 Å². The smallest absolute Gasteiger partial charge is 0.228 e. The molecule has 2 rings (SSSR count). The highest BCUT2D eigenvalue weighted by atomic mass is 32.2. The molecule has 0 N–H and O–H groups in total. The van der Waals surface area contributed by atoms with Gasteiger partial charge in [-0.15, -0.1) is 0 Å². The summed E-state index contributed by atoms with van der Waals surface area (Å²) in [5.41, 5.74) is 0.910. The van der Waals surface area contributed by atoms with Crippen molar-refractivity contribution in [1.82, 2.24) is 0 Å². The minimum atomic E-state index is -3.87. The molecule has 0 aliphatic rings. The van der Waals surface area contributed by atoms with Gasteiger partial charge in [-0.3, -0.25) is 10.1 Å². The lowest BCUT2D eigenvalue weighted by atomic mass is 10.2. The molecule has 0 spiro atoms. The first kappa shape index (κ1) is 14.3. The fourth-order valence-electron chi connectivity index (χ4n) is 1.84. The Hall–Kier alpha value is -2.15. The Morgan fingerprint density at radius 2 is 1.90 bits per heavy atom. The minimum Gasteiger partial charge on any atom is -0.468 e. The van der Waals surface area contributed by atoms with Crippen LogP contribution in [0, 0.1) is 17.0 Å². The van der Waals surface area contributed by atoms with Gasteiger partial charge in [-0.05, 0) is 31.2 Å². The van der Waals surface area contributed by atoms with Crippen LogP contribution in [0.25, 0.3) is 0 Å². The molecule has 0 saturated heterocycles. The predicted octanol–water partition coefficient (Wildman–Crippen LogP) is 2.38. The van der Waals surface area contributed by atoms with Crippen molar-refractivity contribution in [3.63, 3.8) is 0 Å². The maximum absolute atomic E-state index is 12.5. The molecule has 2 aromatic rings. The van der Waals surface area contributed by atoms with E-state index < -0.39 is 26.6 Å². The first-order valence-corrected chi connectivity index (χ1v) is 7.41. The van der Waals surface area contributed by atoms with Crippen molar-refractivity contribution in [1.29, 1.82) is 0 Å². The predicted molar refractivity (Wildman–Crippen MR) is 71.7 cm³/mol. The van der Waals surface area contributed by atoms with Gasteiger partial charge in [0.05, 0.1) is 11.2 Å². The molecule has 0 bridgehead atoms. The van der Waals surface area contributed by atoms with E-state index in [2.05, 4.69) is 0 Å². The zero-order valence-electron chi connectivity index (χ0n) is 10.7. The summed E-state index contributed by atoms with van der Waals surface area (Å²) in [7, 11) is -3.87. The highest BCUT2D eigenvalue weighted by Crippen LogP contribution is 2.29. The van der Waals surface area contributed by atoms with Crippen LogP contribution in [-0.4, -0.2) is 19.9 Å². The average molecular weight is 295 g/mol. The second-order valence-electron chi connectivity index (χ2n) is 4.38. The SMILES string of the molecule is Cc1ccc(S(=O)(=O)C(C[N+](=O)[O-])c2ccco2)cc1. The van der Waals surface area contributed by atoms with E-state index in [4.69, 9.17) is 4.42 Å². The second kappa shape index (κ2) is 5.46. The molecule has 6 nitrogen and oxygen atoms in total. The van der Waals surface area contributed by atoms with Crippen LogP contribution in [-0.2, 0) is 9.84 Å². The molecule has 1 unspecified atom stereocenters. The molecule has 1 atom stereocenters. The molecule has 1 heterocycles. The number of benzene rings is 1. The van der Waals surface area contributed by atoms with Gasteiger partial charge in [0, 0.05) is 4.92 Å². The van der Waals surface area contributed by atoms with Gasteiger partial charge in [0.1, 0.15) is 5.76 Å². The fourth-order valence-corrected chi connectivity index (χ4v) is 3.44. The molecular formula is C13H13NO5S. The Morgan fingerprint density at radius 1 is 1.25 bits per heavy atom. The molecule has 0 amide bonds. The number of rotatable bonds is 5. The lowest BCUT2D eigenvalue weighted by Gasteiger charge is -2.12. The molecule has 0 aliphatic carbocycles. The molecule has 0 radical (unpaired) electrons. The van der Waals surface area contributed by atoms with Crippen LogP contribution < -0.4 is 0 Å². The minimum absolute atomic E-state index is 0.0475. The van der Waals surface area contributed by atoms with Crippen LogP contribution in [0.15, 0.2) is 52.0 Å². The largest absolute Gasteiger partial charge is 0.468 e. The average Bonchev–Trinajstić information content (AvgIpc) is 2.89. The molecule has 7 heteroatoms. The summed E-state index contributed by atoms with van der Waals surface area (Å²) in [5, 5.41) is 9.41. The van der Waals surface area contributed by atoms with Gasteiger partial charge in [0.2, 0.25) is 6.54 Å². The molecule has 1 aromatic heterocycles. The van der Waals surface area contributed by atoms with Crippen LogP contribution in [0.3, 0.4) is 0 Å². The van der Waals surface area contributed by atoms with Crippen molar-refractivity contribution < 1.29 is 17.8 Å². The van der Waals surface area contributed by atoms with Crippen molar-refractivity contribution >= 4 is 9.84 Å². The van der Waals surface area contributed by atoms with E-state index in [1.54, 1.807) is 12.1 Å². The first-order chi connectivity index (χ1) is 9.41. The number of hydrogen-bond donors (Lipinski definition) is 0. The second-order valence-corrected chi connectivity index (χ2v) is 6.51. The maximum atomic E-state index is 12.5. The first-order valence-electron chi connectivity index (χ1n) is 5.87. The van der Waals surface area contributed by atoms with Crippen LogP contribution in [0.2, 0.25) is 0 Å². The normalized spacial score (nSPS) is 13.1. The molecule has 0 aliphatic heterocycles. The van der Waals surface area contributed by atoms with E-state index in [1.165, 1.54) is 30.5 Å². The Kier molecular flexibility index (Phi) is 3.89. The summed E-state index contributed by atoms with van der Waals surface area (Å²) in [6.07, 6.45) is 1.30. The van der Waals surface area contributed by atoms with Gasteiger partial charge >= 0.3 is 0 Å². The van der Waals surface area contributed by atoms with Crippen molar-refractivity contribution in [2.24, 2.45) is 0 Å². The van der Waals surface area contributed by atoms with E-state index >= 15 is 0 Å². The third-order valence-electron chi connectivity index (χ3n) is 2.90. The van der Waals surface area contributed by atoms with Crippen LogP contribution in [0.1, 0.15) is 16.6 Å². The number of hydrogen-bond acceptors (Lipinski definition) is 5. The van der Waals surface area contributed by atoms with Gasteiger partial charge in [-0.1, -0.05) is 17.7 Å². The summed E-state index contributed by atoms with van der Waals surface area (Å²) >= 11 is 0. The van der Waals surface area contributed by atoms with Gasteiger partial charge in [-0.2, -0.15) is 0 Å². The van der Waals surface area contributed by atoms with E-state index in [1.807, 2.05) is 6.92 Å². The number of aryl methyl sites for hydroxylation is 1. The quantitative estimate of drug-likeness (QED) is 0.624. The Bertz CT molecular complexity index is 689. The molecule has 20 heavy (non-hydrogen) atoms. The summed E-state index contributed by atoms with van der Waals surface area (Å²) in [4.78, 5) is 10.1. The molecule has 106 valence electrons. The molecular weight excluding hydrogens is 282 g/mol. The topological polar surface area (TPSA) is 90.4 Å². The van der Waals surface area contributed by atoms with E-state index in [-0.39, 0.29) is 10.7 Å². The maximum Gasteiger partial charge on any atom is 0.228 e. The summed E-state index contributed by atoms with van der Waals surface area (Å²) in [6.45, 7) is 1.10. The molecule has 1 aromatic carbocycles. The molecule has 0 saturated carbocycles. The van der Waals surface area contributed by atoms with Crippen molar-refractivity contribution in [2.75, 3.05) is 6.54 Å². The number of furan rings is 1. The van der Waals surface area contributed by atoms with Crippen LogP contribution in [0.5, 0.6) is 0 Å². The van der Waals surface area contributed by atoms with Gasteiger partial charge in [-0.25, -0.2) is 8.42 Å². The number of nitro groups is 1. The number of sulfone groups is 1. The van der Waals surface area contributed by atoms with Crippen LogP contribution in [0.4, 0.5) is 0 Å². The monoisotopic (exact) mass is 295 g/mol. The van der Waals surface area contributed by atoms with Gasteiger partial charge in [0.25, 0.3) is 0 Å². The summed E-state index contributed by atoms with van der Waals surface area (Å²) < 4.78 is 30.1. The Morgan fingerprint density at radius 3 is 2.40 bits per heavy atom. The van der Waals surface area contributed by atoms with Gasteiger partial charge < -0.3 is 4.42 Å². The zero-order valence-corrected chi connectivity index (χ0v) is 11.5. The number of nitrogens with zero attached hydrogens (tertiary/aromatic N) is 1. The van der Waals surface area contributed by atoms with Crippen LogP contribution >= 0.6 is 0 Å². The molecule has 0 fully saturated rings. The van der Waals surface area contributed by atoms with Crippen molar-refractivity contribution in [3.8, 4) is 0 Å². The summed E-state index contributed by atoms with van der Waals surface area (Å²) in [6, 6.07) is 9.13. The highest BCUT2D eigenvalue weighted by molar-refractivity contribution is 7.91. The zero-order chi connectivity index (χ0) is 14.8. The fraction of sp³-hybridized carbons (Fsp3) is 0.231. The Balaban J connectivity index is 2.46. The Labute approximate surface area is 116 Å². The van der Waals surface area contributed by atoms with Gasteiger partial charge in [0.15, 0.2) is 15.1 Å². The van der Waals surface area contributed by atoms with E-state index in [0.717, 1.165) is 5.56 Å². The third-order valence-corrected chi connectivity index (χ3v) is 4.96. The highest BCUT2D eigenvalue weighted by Gasteiger charge is 2.35. The summed E-state index contributed by atoms with van der Waals surface area (Å²) in [5.74, 6) is 0.0716.